The van der Waals surface area contributed by atoms with Gasteiger partial charge < -0.3 is 18.8 Å². The summed E-state index contributed by atoms with van der Waals surface area (Å²) in [4.78, 5) is 19.1. The van der Waals surface area contributed by atoms with Crippen molar-refractivity contribution in [2.45, 2.75) is 59.0 Å². The number of aryl methyl sites for hydroxylation is 1. The quantitative estimate of drug-likeness (QED) is 0.383. The number of nitrogens with zero attached hydrogens (tertiary/aromatic N) is 2. The first-order valence-electron chi connectivity index (χ1n) is 12.5. The number of carbonyl (C=O) groups excluding carboxylic acids is 1. The zero-order chi connectivity index (χ0) is 25.0. The first kappa shape index (κ1) is 24.8. The van der Waals surface area contributed by atoms with Crippen LogP contribution in [0.3, 0.4) is 0 Å². The van der Waals surface area contributed by atoms with Crippen LogP contribution in [0.15, 0.2) is 59.0 Å². The van der Waals surface area contributed by atoms with Crippen LogP contribution in [0, 0.1) is 12.8 Å². The minimum absolute atomic E-state index is 0.233. The van der Waals surface area contributed by atoms with Gasteiger partial charge in [-0.05, 0) is 63.4 Å². The van der Waals surface area contributed by atoms with E-state index < -0.39 is 5.60 Å². The molecule has 1 amide bonds. The Morgan fingerprint density at radius 2 is 1.89 bits per heavy atom. The van der Waals surface area contributed by atoms with Gasteiger partial charge in [0, 0.05) is 31.0 Å². The van der Waals surface area contributed by atoms with E-state index in [0.29, 0.717) is 31.4 Å². The van der Waals surface area contributed by atoms with Gasteiger partial charge in [-0.15, -0.1) is 0 Å². The molecule has 3 aromatic rings. The molecule has 0 spiro atoms. The van der Waals surface area contributed by atoms with Crippen molar-refractivity contribution in [2.75, 3.05) is 19.7 Å². The van der Waals surface area contributed by atoms with Gasteiger partial charge in [0.05, 0.1) is 12.3 Å². The molecule has 35 heavy (non-hydrogen) atoms. The molecule has 2 atom stereocenters. The van der Waals surface area contributed by atoms with Crippen molar-refractivity contribution in [1.29, 1.82) is 0 Å². The van der Waals surface area contributed by atoms with Gasteiger partial charge in [0.2, 0.25) is 5.89 Å². The van der Waals surface area contributed by atoms with E-state index in [1.807, 2.05) is 75.1 Å². The van der Waals surface area contributed by atoms with E-state index in [1.165, 1.54) is 5.56 Å². The maximum atomic E-state index is 12.6. The fourth-order valence-corrected chi connectivity index (χ4v) is 4.60. The number of aromatic nitrogens is 1. The van der Waals surface area contributed by atoms with E-state index in [0.717, 1.165) is 35.7 Å². The molecular formula is C29H36N2O4. The molecule has 1 fully saturated rings. The Kier molecular flexibility index (Phi) is 7.48. The minimum Gasteiger partial charge on any atom is -0.493 e. The molecule has 186 valence electrons. The molecule has 1 aliphatic heterocycles. The summed E-state index contributed by atoms with van der Waals surface area (Å²) in [5.74, 6) is 2.95. The number of oxazole rings is 1. The Balaban J connectivity index is 1.38. The Morgan fingerprint density at radius 1 is 1.11 bits per heavy atom. The van der Waals surface area contributed by atoms with E-state index in [-0.39, 0.29) is 12.0 Å². The average molecular weight is 477 g/mol. The molecule has 0 unspecified atom stereocenters. The summed E-state index contributed by atoms with van der Waals surface area (Å²) in [6.45, 7) is 11.7. The lowest BCUT2D eigenvalue weighted by molar-refractivity contribution is 0.0286. The van der Waals surface area contributed by atoms with Crippen LogP contribution in [0.25, 0.3) is 11.5 Å². The molecule has 6 nitrogen and oxygen atoms in total. The van der Waals surface area contributed by atoms with Crippen LogP contribution >= 0.6 is 0 Å². The monoisotopic (exact) mass is 476 g/mol. The van der Waals surface area contributed by atoms with Crippen molar-refractivity contribution in [3.8, 4) is 17.2 Å². The number of rotatable bonds is 7. The van der Waals surface area contributed by atoms with Gasteiger partial charge in [-0.25, -0.2) is 9.78 Å². The molecule has 1 saturated heterocycles. The third kappa shape index (κ3) is 6.24. The zero-order valence-corrected chi connectivity index (χ0v) is 21.4. The van der Waals surface area contributed by atoms with Gasteiger partial charge >= 0.3 is 6.09 Å². The smallest absolute Gasteiger partial charge is 0.410 e. The summed E-state index contributed by atoms with van der Waals surface area (Å²) in [5.41, 5.74) is 2.59. The SMILES string of the molecule is CC[C@@H]1CN(C(=O)OC(C)(C)C)C[C@H]1c1cccc(OCCc2nc(-c3ccccc3)oc2C)c1. The van der Waals surface area contributed by atoms with Crippen LogP contribution in [0.5, 0.6) is 5.75 Å². The fraction of sp³-hybridized carbons (Fsp3) is 0.448. The number of benzene rings is 2. The standard InChI is InChI=1S/C29H36N2O4/c1-6-21-18-31(28(32)35-29(3,4)5)19-25(21)23-13-10-14-24(17-23)33-16-15-26-20(2)34-27(30-26)22-11-8-7-9-12-22/h7-14,17,21,25H,6,15-16,18-19H2,1-5H3/t21-,25-/m1/s1. The maximum absolute atomic E-state index is 12.6. The van der Waals surface area contributed by atoms with Crippen molar-refractivity contribution in [2.24, 2.45) is 5.92 Å². The molecule has 4 rings (SSSR count). The lowest BCUT2D eigenvalue weighted by atomic mass is 9.87. The van der Waals surface area contributed by atoms with Crippen LogP contribution in [-0.4, -0.2) is 41.3 Å². The second kappa shape index (κ2) is 10.5. The van der Waals surface area contributed by atoms with Crippen LogP contribution < -0.4 is 4.74 Å². The summed E-state index contributed by atoms with van der Waals surface area (Å²) in [5, 5.41) is 0. The van der Waals surface area contributed by atoms with Crippen molar-refractivity contribution in [3.05, 3.63) is 71.6 Å². The normalized spacial score (nSPS) is 18.0. The summed E-state index contributed by atoms with van der Waals surface area (Å²) < 4.78 is 17.6. The van der Waals surface area contributed by atoms with E-state index in [1.54, 1.807) is 0 Å². The topological polar surface area (TPSA) is 64.8 Å². The first-order chi connectivity index (χ1) is 16.7. The predicted octanol–water partition coefficient (Wildman–Crippen LogP) is 6.63. The average Bonchev–Trinajstić information content (AvgIpc) is 3.43. The Labute approximate surface area is 208 Å². The van der Waals surface area contributed by atoms with E-state index >= 15 is 0 Å². The molecule has 2 aromatic carbocycles. The summed E-state index contributed by atoms with van der Waals surface area (Å²) in [7, 11) is 0. The number of ether oxygens (including phenoxy) is 2. The molecular weight excluding hydrogens is 440 g/mol. The second-order valence-corrected chi connectivity index (χ2v) is 10.2. The van der Waals surface area contributed by atoms with Gasteiger partial charge in [0.1, 0.15) is 17.1 Å². The van der Waals surface area contributed by atoms with Gasteiger partial charge in [-0.1, -0.05) is 43.7 Å². The molecule has 0 N–H and O–H groups in total. The lowest BCUT2D eigenvalue weighted by Gasteiger charge is -2.24. The number of hydrogen-bond donors (Lipinski definition) is 0. The van der Waals surface area contributed by atoms with Crippen LogP contribution in [-0.2, 0) is 11.2 Å². The maximum Gasteiger partial charge on any atom is 0.410 e. The third-order valence-corrected chi connectivity index (χ3v) is 6.42. The second-order valence-electron chi connectivity index (χ2n) is 10.2. The molecule has 0 saturated carbocycles. The molecule has 0 aliphatic carbocycles. The van der Waals surface area contributed by atoms with E-state index in [4.69, 9.17) is 13.9 Å². The number of likely N-dealkylation sites (tertiary alicyclic amines) is 1. The Bertz CT molecular complexity index is 1130. The number of hydrogen-bond acceptors (Lipinski definition) is 5. The zero-order valence-electron chi connectivity index (χ0n) is 21.4. The largest absolute Gasteiger partial charge is 0.493 e. The van der Waals surface area contributed by atoms with Crippen LogP contribution in [0.1, 0.15) is 57.1 Å². The fourth-order valence-electron chi connectivity index (χ4n) is 4.60. The minimum atomic E-state index is -0.491. The molecule has 1 aromatic heterocycles. The van der Waals surface area contributed by atoms with Gasteiger partial charge in [0.15, 0.2) is 0 Å². The lowest BCUT2D eigenvalue weighted by Crippen LogP contribution is -2.35. The predicted molar refractivity (Wildman–Crippen MR) is 137 cm³/mol. The number of amides is 1. The molecule has 0 bridgehead atoms. The van der Waals surface area contributed by atoms with Gasteiger partial charge in [0.25, 0.3) is 0 Å². The van der Waals surface area contributed by atoms with Crippen molar-refractivity contribution >= 4 is 6.09 Å². The van der Waals surface area contributed by atoms with Gasteiger partial charge in [-0.2, -0.15) is 0 Å². The molecule has 6 heteroatoms. The highest BCUT2D eigenvalue weighted by atomic mass is 16.6. The Morgan fingerprint density at radius 3 is 2.60 bits per heavy atom. The van der Waals surface area contributed by atoms with E-state index in [9.17, 15) is 4.79 Å². The molecule has 1 aliphatic rings. The molecule has 2 heterocycles. The highest BCUT2D eigenvalue weighted by Gasteiger charge is 2.37. The summed E-state index contributed by atoms with van der Waals surface area (Å²) in [6, 6.07) is 18.2. The summed E-state index contributed by atoms with van der Waals surface area (Å²) >= 11 is 0. The first-order valence-corrected chi connectivity index (χ1v) is 12.5. The summed E-state index contributed by atoms with van der Waals surface area (Å²) in [6.07, 6.45) is 1.44. The van der Waals surface area contributed by atoms with Crippen LogP contribution in [0.2, 0.25) is 0 Å². The highest BCUT2D eigenvalue weighted by Crippen LogP contribution is 2.36. The van der Waals surface area contributed by atoms with Crippen molar-refractivity contribution in [3.63, 3.8) is 0 Å². The highest BCUT2D eigenvalue weighted by molar-refractivity contribution is 5.68. The van der Waals surface area contributed by atoms with Crippen molar-refractivity contribution in [1.82, 2.24) is 9.88 Å². The van der Waals surface area contributed by atoms with Crippen molar-refractivity contribution < 1.29 is 18.7 Å². The van der Waals surface area contributed by atoms with Crippen LogP contribution in [0.4, 0.5) is 4.79 Å². The third-order valence-electron chi connectivity index (χ3n) is 6.42. The Hall–Kier alpha value is -3.28. The number of carbonyl (C=O) groups is 1. The van der Waals surface area contributed by atoms with Gasteiger partial charge in [-0.3, -0.25) is 0 Å². The van der Waals surface area contributed by atoms with E-state index in [2.05, 4.69) is 24.0 Å². The molecule has 0 radical (unpaired) electrons.